The molecule has 0 radical (unpaired) electrons. The highest BCUT2D eigenvalue weighted by Gasteiger charge is 2.13. The molecule has 5 nitrogen and oxygen atoms in total. The van der Waals surface area contributed by atoms with Crippen LogP contribution < -0.4 is 11.1 Å². The molecule has 0 aliphatic carbocycles. The van der Waals surface area contributed by atoms with E-state index in [-0.39, 0.29) is 5.69 Å². The number of hydrogen-bond donors (Lipinski definition) is 2. The van der Waals surface area contributed by atoms with E-state index in [9.17, 15) is 4.79 Å². The number of rotatable bonds is 3. The zero-order valence-electron chi connectivity index (χ0n) is 8.29. The van der Waals surface area contributed by atoms with E-state index >= 15 is 0 Å². The highest BCUT2D eigenvalue weighted by atomic mass is 32.2. The molecule has 0 bridgehead atoms. The molecule has 76 valence electrons. The first-order chi connectivity index (χ1) is 6.60. The van der Waals surface area contributed by atoms with Crippen molar-refractivity contribution >= 4 is 23.5 Å². The Hall–Kier alpha value is -1.30. The molecule has 1 aromatic rings. The van der Waals surface area contributed by atoms with Crippen molar-refractivity contribution in [3.63, 3.8) is 0 Å². The monoisotopic (exact) mass is 212 g/mol. The molecule has 0 saturated heterocycles. The quantitative estimate of drug-likeness (QED) is 0.568. The fourth-order valence-corrected chi connectivity index (χ4v) is 1.44. The summed E-state index contributed by atoms with van der Waals surface area (Å²) in [6, 6.07) is 0. The first kappa shape index (κ1) is 10.8. The summed E-state index contributed by atoms with van der Waals surface area (Å²) in [6.07, 6.45) is 1.84. The molecule has 6 heteroatoms. The van der Waals surface area contributed by atoms with Gasteiger partial charge in [-0.05, 0) is 13.2 Å². The lowest BCUT2D eigenvalue weighted by molar-refractivity contribution is 0.0994. The number of primary amides is 1. The van der Waals surface area contributed by atoms with Gasteiger partial charge >= 0.3 is 0 Å². The Kier molecular flexibility index (Phi) is 3.29. The van der Waals surface area contributed by atoms with Gasteiger partial charge in [0.15, 0.2) is 5.16 Å². The van der Waals surface area contributed by atoms with Crippen LogP contribution in [0.5, 0.6) is 0 Å². The van der Waals surface area contributed by atoms with Crippen molar-refractivity contribution in [1.29, 1.82) is 0 Å². The fourth-order valence-electron chi connectivity index (χ4n) is 1.07. The van der Waals surface area contributed by atoms with Crippen LogP contribution in [0.4, 0.5) is 5.82 Å². The summed E-state index contributed by atoms with van der Waals surface area (Å²) >= 11 is 1.37. The third kappa shape index (κ3) is 1.95. The molecule has 0 aromatic carbocycles. The van der Waals surface area contributed by atoms with Crippen molar-refractivity contribution in [2.75, 3.05) is 18.6 Å². The third-order valence-electron chi connectivity index (χ3n) is 1.78. The average Bonchev–Trinajstić information content (AvgIpc) is 2.17. The molecule has 14 heavy (non-hydrogen) atoms. The van der Waals surface area contributed by atoms with E-state index in [1.54, 1.807) is 14.0 Å². The van der Waals surface area contributed by atoms with Crippen LogP contribution in [-0.4, -0.2) is 29.2 Å². The van der Waals surface area contributed by atoms with E-state index in [1.807, 2.05) is 6.26 Å². The second-order valence-electron chi connectivity index (χ2n) is 2.65. The van der Waals surface area contributed by atoms with Gasteiger partial charge in [0.05, 0.1) is 0 Å². The van der Waals surface area contributed by atoms with Crippen LogP contribution in [0, 0.1) is 6.92 Å². The summed E-state index contributed by atoms with van der Waals surface area (Å²) in [4.78, 5) is 19.3. The van der Waals surface area contributed by atoms with Gasteiger partial charge in [0.25, 0.3) is 5.91 Å². The lowest BCUT2D eigenvalue weighted by Gasteiger charge is -2.08. The van der Waals surface area contributed by atoms with Gasteiger partial charge in [-0.15, -0.1) is 0 Å². The van der Waals surface area contributed by atoms with Gasteiger partial charge in [-0.2, -0.15) is 0 Å². The van der Waals surface area contributed by atoms with Crippen LogP contribution in [0.3, 0.4) is 0 Å². The lowest BCUT2D eigenvalue weighted by Crippen LogP contribution is -2.17. The molecule has 0 aliphatic rings. The van der Waals surface area contributed by atoms with Gasteiger partial charge in [0.1, 0.15) is 11.5 Å². The molecular formula is C8H12N4OS. The SMILES string of the molecule is CNc1nc(SC)nc(C(N)=O)c1C. The molecule has 0 atom stereocenters. The number of nitrogens with zero attached hydrogens (tertiary/aromatic N) is 2. The predicted molar refractivity (Wildman–Crippen MR) is 56.6 cm³/mol. The summed E-state index contributed by atoms with van der Waals surface area (Å²) in [5.74, 6) is 0.106. The first-order valence-electron chi connectivity index (χ1n) is 4.00. The molecule has 0 unspecified atom stereocenters. The first-order valence-corrected chi connectivity index (χ1v) is 5.22. The molecule has 0 saturated carbocycles. The van der Waals surface area contributed by atoms with Gasteiger partial charge < -0.3 is 11.1 Å². The van der Waals surface area contributed by atoms with Crippen molar-refractivity contribution < 1.29 is 4.79 Å². The fraction of sp³-hybridized carbons (Fsp3) is 0.375. The summed E-state index contributed by atoms with van der Waals surface area (Å²) < 4.78 is 0. The van der Waals surface area contributed by atoms with E-state index in [4.69, 9.17) is 5.73 Å². The number of nitrogens with two attached hydrogens (primary N) is 1. The molecule has 0 fully saturated rings. The van der Waals surface area contributed by atoms with Gasteiger partial charge in [-0.25, -0.2) is 9.97 Å². The number of aromatic nitrogens is 2. The second kappa shape index (κ2) is 4.28. The zero-order chi connectivity index (χ0) is 10.7. The Balaban J connectivity index is 3.34. The average molecular weight is 212 g/mol. The van der Waals surface area contributed by atoms with E-state index in [1.165, 1.54) is 11.8 Å². The smallest absolute Gasteiger partial charge is 0.267 e. The minimum Gasteiger partial charge on any atom is -0.373 e. The number of carbonyl (C=O) groups is 1. The lowest BCUT2D eigenvalue weighted by atomic mass is 10.2. The van der Waals surface area contributed by atoms with Crippen molar-refractivity contribution in [2.45, 2.75) is 12.1 Å². The maximum Gasteiger partial charge on any atom is 0.267 e. The van der Waals surface area contributed by atoms with E-state index in [0.29, 0.717) is 16.5 Å². The number of hydrogen-bond acceptors (Lipinski definition) is 5. The molecular weight excluding hydrogens is 200 g/mol. The molecule has 3 N–H and O–H groups in total. The van der Waals surface area contributed by atoms with Crippen molar-refractivity contribution in [3.05, 3.63) is 11.3 Å². The molecule has 1 amide bonds. The van der Waals surface area contributed by atoms with E-state index in [0.717, 1.165) is 0 Å². The van der Waals surface area contributed by atoms with E-state index < -0.39 is 5.91 Å². The van der Waals surface area contributed by atoms with Crippen LogP contribution in [0.15, 0.2) is 5.16 Å². The summed E-state index contributed by atoms with van der Waals surface area (Å²) in [7, 11) is 1.74. The Morgan fingerprint density at radius 1 is 1.50 bits per heavy atom. The van der Waals surface area contributed by atoms with Gasteiger partial charge in [-0.1, -0.05) is 11.8 Å². The number of anilines is 1. The highest BCUT2D eigenvalue weighted by Crippen LogP contribution is 2.18. The Labute approximate surface area is 86.5 Å². The van der Waals surface area contributed by atoms with Crippen LogP contribution in [-0.2, 0) is 0 Å². The number of nitrogens with one attached hydrogen (secondary N) is 1. The zero-order valence-corrected chi connectivity index (χ0v) is 9.10. The number of thioether (sulfide) groups is 1. The standard InChI is InChI=1S/C8H12N4OS/c1-4-5(6(9)13)11-8(14-3)12-7(4)10-2/h1-3H3,(H2,9,13)(H,10,11,12). The minimum absolute atomic E-state index is 0.272. The number of amides is 1. The molecule has 0 spiro atoms. The highest BCUT2D eigenvalue weighted by molar-refractivity contribution is 7.98. The van der Waals surface area contributed by atoms with Crippen molar-refractivity contribution in [1.82, 2.24) is 9.97 Å². The number of carbonyl (C=O) groups excluding carboxylic acids is 1. The van der Waals surface area contributed by atoms with Crippen LogP contribution in [0.25, 0.3) is 0 Å². The minimum atomic E-state index is -0.531. The van der Waals surface area contributed by atoms with Crippen LogP contribution in [0.1, 0.15) is 16.1 Å². The second-order valence-corrected chi connectivity index (χ2v) is 3.42. The summed E-state index contributed by atoms with van der Waals surface area (Å²) in [6.45, 7) is 1.76. The largest absolute Gasteiger partial charge is 0.373 e. The molecule has 1 aromatic heterocycles. The van der Waals surface area contributed by atoms with Gasteiger partial charge in [0.2, 0.25) is 0 Å². The van der Waals surface area contributed by atoms with Crippen LogP contribution >= 0.6 is 11.8 Å². The maximum absolute atomic E-state index is 11.1. The van der Waals surface area contributed by atoms with Crippen molar-refractivity contribution in [2.24, 2.45) is 5.73 Å². The third-order valence-corrected chi connectivity index (χ3v) is 2.33. The Morgan fingerprint density at radius 2 is 2.14 bits per heavy atom. The van der Waals surface area contributed by atoms with Crippen LogP contribution in [0.2, 0.25) is 0 Å². The normalized spacial score (nSPS) is 9.93. The summed E-state index contributed by atoms with van der Waals surface area (Å²) in [5, 5.41) is 3.43. The Bertz CT molecular complexity index is 367. The molecule has 1 rings (SSSR count). The Morgan fingerprint density at radius 3 is 2.57 bits per heavy atom. The molecule has 0 aliphatic heterocycles. The topological polar surface area (TPSA) is 80.9 Å². The predicted octanol–water partition coefficient (Wildman–Crippen LogP) is 0.648. The maximum atomic E-state index is 11.1. The van der Waals surface area contributed by atoms with Gasteiger partial charge in [-0.3, -0.25) is 4.79 Å². The molecule has 1 heterocycles. The van der Waals surface area contributed by atoms with Crippen molar-refractivity contribution in [3.8, 4) is 0 Å². The summed E-state index contributed by atoms with van der Waals surface area (Å²) in [5.41, 5.74) is 6.15. The van der Waals surface area contributed by atoms with E-state index in [2.05, 4.69) is 15.3 Å². The van der Waals surface area contributed by atoms with Gasteiger partial charge in [0, 0.05) is 12.6 Å².